The minimum absolute atomic E-state index is 0.119. The van der Waals surface area contributed by atoms with E-state index in [1.54, 1.807) is 12.1 Å². The first-order chi connectivity index (χ1) is 11.0. The molecule has 0 aliphatic carbocycles. The summed E-state index contributed by atoms with van der Waals surface area (Å²) in [4.78, 5) is 16.6. The van der Waals surface area contributed by atoms with Crippen LogP contribution < -0.4 is 5.32 Å². The molecule has 0 atom stereocenters. The Labute approximate surface area is 151 Å². The zero-order valence-electron chi connectivity index (χ0n) is 12.2. The van der Waals surface area contributed by atoms with Gasteiger partial charge >= 0.3 is 0 Å². The van der Waals surface area contributed by atoms with Crippen LogP contribution in [0.15, 0.2) is 52.1 Å². The Bertz CT molecular complexity index is 881. The molecule has 0 fully saturated rings. The summed E-state index contributed by atoms with van der Waals surface area (Å²) in [5, 5.41) is 4.12. The van der Waals surface area contributed by atoms with Gasteiger partial charge in [-0.05, 0) is 30.3 Å². The molecular weight excluding hydrogens is 398 g/mol. The van der Waals surface area contributed by atoms with Gasteiger partial charge in [-0.25, -0.2) is 4.98 Å². The van der Waals surface area contributed by atoms with Crippen LogP contribution in [0.5, 0.6) is 0 Å². The van der Waals surface area contributed by atoms with E-state index in [1.807, 2.05) is 41.9 Å². The number of aromatic nitrogens is 2. The maximum absolute atomic E-state index is 12.1. The van der Waals surface area contributed by atoms with Crippen LogP contribution in [0.1, 0.15) is 0 Å². The molecule has 0 unspecified atom stereocenters. The molecule has 1 aromatic heterocycles. The van der Waals surface area contributed by atoms with Crippen LogP contribution >= 0.6 is 39.3 Å². The summed E-state index contributed by atoms with van der Waals surface area (Å²) in [6, 6.07) is 13.2. The van der Waals surface area contributed by atoms with Crippen LogP contribution in [0.3, 0.4) is 0 Å². The second-order valence-electron chi connectivity index (χ2n) is 4.90. The van der Waals surface area contributed by atoms with Gasteiger partial charge in [0.25, 0.3) is 0 Å². The number of amides is 1. The standard InChI is InChI=1S/C16H13BrClN3OS/c1-21-14-5-3-2-4-13(14)20-16(21)23-9-15(22)19-12-7-6-10(17)8-11(12)18/h2-8H,9H2,1H3,(H,19,22). The highest BCUT2D eigenvalue weighted by molar-refractivity contribution is 9.10. The Hall–Kier alpha value is -1.50. The van der Waals surface area contributed by atoms with Crippen LogP contribution in [0, 0.1) is 0 Å². The first kappa shape index (κ1) is 16.4. The minimum atomic E-state index is -0.119. The van der Waals surface area contributed by atoms with E-state index in [0.29, 0.717) is 10.7 Å². The molecule has 3 aromatic rings. The molecule has 1 amide bonds. The molecule has 0 aliphatic heterocycles. The van der Waals surface area contributed by atoms with E-state index in [9.17, 15) is 4.79 Å². The smallest absolute Gasteiger partial charge is 0.234 e. The summed E-state index contributed by atoms with van der Waals surface area (Å²) in [6.07, 6.45) is 0. The van der Waals surface area contributed by atoms with E-state index < -0.39 is 0 Å². The number of anilines is 1. The number of carbonyl (C=O) groups excluding carboxylic acids is 1. The topological polar surface area (TPSA) is 46.9 Å². The van der Waals surface area contributed by atoms with Crippen molar-refractivity contribution in [2.45, 2.75) is 5.16 Å². The quantitative estimate of drug-likeness (QED) is 0.633. The number of imidazole rings is 1. The molecule has 0 bridgehead atoms. The van der Waals surface area contributed by atoms with E-state index in [1.165, 1.54) is 11.8 Å². The molecule has 0 radical (unpaired) electrons. The van der Waals surface area contributed by atoms with Gasteiger partial charge in [-0.1, -0.05) is 51.4 Å². The summed E-state index contributed by atoms with van der Waals surface area (Å²) < 4.78 is 2.86. The van der Waals surface area contributed by atoms with Crippen molar-refractivity contribution in [2.75, 3.05) is 11.1 Å². The molecule has 0 aliphatic rings. The van der Waals surface area contributed by atoms with Crippen molar-refractivity contribution in [3.05, 3.63) is 52.0 Å². The van der Waals surface area contributed by atoms with Gasteiger partial charge in [-0.3, -0.25) is 4.79 Å². The first-order valence-corrected chi connectivity index (χ1v) is 8.99. The number of benzene rings is 2. The van der Waals surface area contributed by atoms with Crippen molar-refractivity contribution in [3.63, 3.8) is 0 Å². The monoisotopic (exact) mass is 409 g/mol. The summed E-state index contributed by atoms with van der Waals surface area (Å²) in [7, 11) is 1.95. The Balaban J connectivity index is 1.67. The van der Waals surface area contributed by atoms with Gasteiger partial charge in [0.15, 0.2) is 5.16 Å². The van der Waals surface area contributed by atoms with E-state index in [-0.39, 0.29) is 11.7 Å². The van der Waals surface area contributed by atoms with Crippen molar-refractivity contribution in [3.8, 4) is 0 Å². The lowest BCUT2D eigenvalue weighted by atomic mass is 10.3. The van der Waals surface area contributed by atoms with E-state index in [0.717, 1.165) is 20.7 Å². The zero-order chi connectivity index (χ0) is 16.4. The number of nitrogens with zero attached hydrogens (tertiary/aromatic N) is 2. The maximum atomic E-state index is 12.1. The number of rotatable bonds is 4. The summed E-state index contributed by atoms with van der Waals surface area (Å²) >= 11 is 10.8. The van der Waals surface area contributed by atoms with Gasteiger partial charge in [-0.2, -0.15) is 0 Å². The molecule has 0 spiro atoms. The van der Waals surface area contributed by atoms with Crippen molar-refractivity contribution < 1.29 is 4.79 Å². The molecule has 118 valence electrons. The molecule has 1 N–H and O–H groups in total. The second kappa shape index (κ2) is 6.95. The molecule has 3 rings (SSSR count). The van der Waals surface area contributed by atoms with Crippen LogP contribution in [0.25, 0.3) is 11.0 Å². The van der Waals surface area contributed by atoms with Crippen molar-refractivity contribution in [2.24, 2.45) is 7.05 Å². The lowest BCUT2D eigenvalue weighted by Crippen LogP contribution is -2.14. The van der Waals surface area contributed by atoms with Crippen LogP contribution in [-0.4, -0.2) is 21.2 Å². The number of carbonyl (C=O) groups is 1. The molecular formula is C16H13BrClN3OS. The third kappa shape index (κ3) is 3.71. The number of halogens is 2. The third-order valence-electron chi connectivity index (χ3n) is 3.28. The molecule has 1 heterocycles. The number of hydrogen-bond donors (Lipinski definition) is 1. The Kier molecular flexibility index (Phi) is 4.94. The number of thioether (sulfide) groups is 1. The fraction of sp³-hybridized carbons (Fsp3) is 0.125. The van der Waals surface area contributed by atoms with Crippen LogP contribution in [0.4, 0.5) is 5.69 Å². The average Bonchev–Trinajstić information content (AvgIpc) is 2.85. The van der Waals surface area contributed by atoms with Crippen LogP contribution in [0.2, 0.25) is 5.02 Å². The normalized spacial score (nSPS) is 10.9. The molecule has 4 nitrogen and oxygen atoms in total. The highest BCUT2D eigenvalue weighted by atomic mass is 79.9. The maximum Gasteiger partial charge on any atom is 0.234 e. The summed E-state index contributed by atoms with van der Waals surface area (Å²) in [5.41, 5.74) is 2.57. The van der Waals surface area contributed by atoms with E-state index in [2.05, 4.69) is 26.2 Å². The molecule has 23 heavy (non-hydrogen) atoms. The van der Waals surface area contributed by atoms with Gasteiger partial charge in [0.2, 0.25) is 5.91 Å². The fourth-order valence-corrected chi connectivity index (χ4v) is 3.67. The Morgan fingerprint density at radius 1 is 1.35 bits per heavy atom. The van der Waals surface area contributed by atoms with Crippen molar-refractivity contribution in [1.82, 2.24) is 9.55 Å². The van der Waals surface area contributed by atoms with Gasteiger partial charge < -0.3 is 9.88 Å². The van der Waals surface area contributed by atoms with E-state index >= 15 is 0 Å². The summed E-state index contributed by atoms with van der Waals surface area (Å²) in [5.74, 6) is 0.148. The molecule has 2 aromatic carbocycles. The number of para-hydroxylation sites is 2. The molecule has 7 heteroatoms. The van der Waals surface area contributed by atoms with Crippen molar-refractivity contribution in [1.29, 1.82) is 0 Å². The van der Waals surface area contributed by atoms with Crippen molar-refractivity contribution >= 4 is 61.9 Å². The predicted octanol–water partition coefficient (Wildman–Crippen LogP) is 4.72. The SMILES string of the molecule is Cn1c(SCC(=O)Nc2ccc(Br)cc2Cl)nc2ccccc21. The molecule has 0 saturated carbocycles. The highest BCUT2D eigenvalue weighted by Gasteiger charge is 2.11. The largest absolute Gasteiger partial charge is 0.324 e. The number of aryl methyl sites for hydroxylation is 1. The van der Waals surface area contributed by atoms with E-state index in [4.69, 9.17) is 11.6 Å². The first-order valence-electron chi connectivity index (χ1n) is 6.84. The lowest BCUT2D eigenvalue weighted by molar-refractivity contribution is -0.113. The Morgan fingerprint density at radius 2 is 2.13 bits per heavy atom. The number of nitrogens with one attached hydrogen (secondary N) is 1. The number of hydrogen-bond acceptors (Lipinski definition) is 3. The second-order valence-corrected chi connectivity index (χ2v) is 7.17. The van der Waals surface area contributed by atoms with Gasteiger partial charge in [0, 0.05) is 11.5 Å². The minimum Gasteiger partial charge on any atom is -0.324 e. The zero-order valence-corrected chi connectivity index (χ0v) is 15.4. The lowest BCUT2D eigenvalue weighted by Gasteiger charge is -2.07. The third-order valence-corrected chi connectivity index (χ3v) is 5.12. The fourth-order valence-electron chi connectivity index (χ4n) is 2.16. The van der Waals surface area contributed by atoms with Gasteiger partial charge in [0.1, 0.15) is 0 Å². The predicted molar refractivity (Wildman–Crippen MR) is 99.2 cm³/mol. The highest BCUT2D eigenvalue weighted by Crippen LogP contribution is 2.26. The summed E-state index contributed by atoms with van der Waals surface area (Å²) in [6.45, 7) is 0. The van der Waals surface area contributed by atoms with Gasteiger partial charge in [0.05, 0.1) is 27.5 Å². The average molecular weight is 411 g/mol. The molecule has 0 saturated heterocycles. The Morgan fingerprint density at radius 3 is 2.87 bits per heavy atom. The number of fused-ring (bicyclic) bond motifs is 1. The van der Waals surface area contributed by atoms with Crippen LogP contribution in [-0.2, 0) is 11.8 Å². The van der Waals surface area contributed by atoms with Gasteiger partial charge in [-0.15, -0.1) is 0 Å².